The van der Waals surface area contributed by atoms with Crippen molar-refractivity contribution < 1.29 is 19.1 Å². The molecular formula is C32H62O4. The summed E-state index contributed by atoms with van der Waals surface area (Å²) in [5, 5.41) is 0. The average Bonchev–Trinajstić information content (AvgIpc) is 2.88. The lowest BCUT2D eigenvalue weighted by Crippen LogP contribution is -2.19. The van der Waals surface area contributed by atoms with Gasteiger partial charge in [-0.2, -0.15) is 0 Å². The van der Waals surface area contributed by atoms with Crippen LogP contribution in [0, 0.1) is 5.92 Å². The zero-order valence-corrected chi connectivity index (χ0v) is 24.6. The average molecular weight is 511 g/mol. The smallest absolute Gasteiger partial charge is 0.308 e. The lowest BCUT2D eigenvalue weighted by Gasteiger charge is -2.16. The predicted molar refractivity (Wildman–Crippen MR) is 153 cm³/mol. The van der Waals surface area contributed by atoms with E-state index in [2.05, 4.69) is 20.8 Å². The Hall–Kier alpha value is -1.06. The number of unbranched alkanes of at least 4 members (excludes halogenated alkanes) is 17. The fourth-order valence-electron chi connectivity index (χ4n) is 4.71. The predicted octanol–water partition coefficient (Wildman–Crippen LogP) is 10.1. The summed E-state index contributed by atoms with van der Waals surface area (Å²) in [5.74, 6) is -0.242. The Bertz CT molecular complexity index is 477. The van der Waals surface area contributed by atoms with E-state index in [1.807, 2.05) is 0 Å². The van der Waals surface area contributed by atoms with E-state index in [0.29, 0.717) is 26.1 Å². The Morgan fingerprint density at radius 3 is 1.36 bits per heavy atom. The standard InChI is InChI=1S/C32H62O4/c1-4-7-10-13-15-17-19-22-28-35-31(33)27-24-26-30(25-21-12-9-6-3)32(34)36-29-23-20-18-16-14-11-8-5-2/h30H,4-29H2,1-3H3. The summed E-state index contributed by atoms with van der Waals surface area (Å²) in [7, 11) is 0. The van der Waals surface area contributed by atoms with Gasteiger partial charge in [0.25, 0.3) is 0 Å². The van der Waals surface area contributed by atoms with E-state index < -0.39 is 0 Å². The summed E-state index contributed by atoms with van der Waals surface area (Å²) >= 11 is 0. The number of hydrogen-bond donors (Lipinski definition) is 0. The van der Waals surface area contributed by atoms with Crippen LogP contribution in [0.5, 0.6) is 0 Å². The maximum Gasteiger partial charge on any atom is 0.308 e. The lowest BCUT2D eigenvalue weighted by molar-refractivity contribution is -0.150. The Morgan fingerprint density at radius 2 is 0.861 bits per heavy atom. The summed E-state index contributed by atoms with van der Waals surface area (Å²) in [6, 6.07) is 0. The molecule has 4 heteroatoms. The van der Waals surface area contributed by atoms with Crippen LogP contribution in [0.25, 0.3) is 0 Å². The first-order valence-corrected chi connectivity index (χ1v) is 16.0. The van der Waals surface area contributed by atoms with Gasteiger partial charge in [0.15, 0.2) is 0 Å². The van der Waals surface area contributed by atoms with Crippen LogP contribution in [0.15, 0.2) is 0 Å². The monoisotopic (exact) mass is 510 g/mol. The van der Waals surface area contributed by atoms with Crippen LogP contribution in [0.1, 0.15) is 175 Å². The molecule has 0 saturated carbocycles. The first-order chi connectivity index (χ1) is 17.7. The van der Waals surface area contributed by atoms with E-state index in [-0.39, 0.29) is 17.9 Å². The largest absolute Gasteiger partial charge is 0.466 e. The van der Waals surface area contributed by atoms with Gasteiger partial charge < -0.3 is 9.47 Å². The molecule has 0 saturated heterocycles. The van der Waals surface area contributed by atoms with E-state index in [1.54, 1.807) is 0 Å². The first kappa shape index (κ1) is 34.9. The highest BCUT2D eigenvalue weighted by Crippen LogP contribution is 2.20. The second-order valence-electron chi connectivity index (χ2n) is 10.8. The minimum atomic E-state index is -0.116. The molecule has 0 aliphatic rings. The summed E-state index contributed by atoms with van der Waals surface area (Å²) in [6.07, 6.45) is 27.3. The lowest BCUT2D eigenvalue weighted by atomic mass is 9.95. The number of esters is 2. The Morgan fingerprint density at radius 1 is 0.472 bits per heavy atom. The van der Waals surface area contributed by atoms with Gasteiger partial charge in [0.1, 0.15) is 0 Å². The second kappa shape index (κ2) is 28.5. The molecule has 1 unspecified atom stereocenters. The molecule has 4 nitrogen and oxygen atoms in total. The van der Waals surface area contributed by atoms with Crippen LogP contribution in [0.3, 0.4) is 0 Å². The van der Waals surface area contributed by atoms with Crippen LogP contribution in [-0.4, -0.2) is 25.2 Å². The van der Waals surface area contributed by atoms with Crippen molar-refractivity contribution in [3.8, 4) is 0 Å². The zero-order chi connectivity index (χ0) is 26.5. The van der Waals surface area contributed by atoms with Crippen molar-refractivity contribution in [1.29, 1.82) is 0 Å². The molecule has 0 spiro atoms. The molecule has 0 fully saturated rings. The molecule has 0 aromatic carbocycles. The quantitative estimate of drug-likeness (QED) is 0.0776. The normalized spacial score (nSPS) is 12.0. The SMILES string of the molecule is CCCCCCCCCCOC(=O)CCCC(CCCCCC)C(=O)OCCCCCCCCCC. The van der Waals surface area contributed by atoms with Crippen molar-refractivity contribution in [3.05, 3.63) is 0 Å². The molecule has 0 aliphatic heterocycles. The van der Waals surface area contributed by atoms with Crippen LogP contribution < -0.4 is 0 Å². The third-order valence-corrected chi connectivity index (χ3v) is 7.18. The molecule has 0 rings (SSSR count). The third-order valence-electron chi connectivity index (χ3n) is 7.18. The summed E-state index contributed by atoms with van der Waals surface area (Å²) < 4.78 is 11.1. The van der Waals surface area contributed by atoms with Crippen molar-refractivity contribution >= 4 is 11.9 Å². The number of carbonyl (C=O) groups is 2. The second-order valence-corrected chi connectivity index (χ2v) is 10.8. The molecule has 0 radical (unpaired) electrons. The van der Waals surface area contributed by atoms with E-state index in [1.165, 1.54) is 96.3 Å². The highest BCUT2D eigenvalue weighted by Gasteiger charge is 2.20. The minimum absolute atomic E-state index is 0.0539. The maximum absolute atomic E-state index is 12.7. The molecule has 214 valence electrons. The van der Waals surface area contributed by atoms with Gasteiger partial charge in [0.05, 0.1) is 19.1 Å². The van der Waals surface area contributed by atoms with Crippen LogP contribution in [0.2, 0.25) is 0 Å². The van der Waals surface area contributed by atoms with Gasteiger partial charge in [-0.1, -0.05) is 136 Å². The number of rotatable bonds is 28. The molecule has 36 heavy (non-hydrogen) atoms. The highest BCUT2D eigenvalue weighted by atomic mass is 16.5. The Labute approximate surface area is 225 Å². The van der Waals surface area contributed by atoms with E-state index >= 15 is 0 Å². The van der Waals surface area contributed by atoms with Crippen molar-refractivity contribution in [2.45, 2.75) is 175 Å². The summed E-state index contributed by atoms with van der Waals surface area (Å²) in [5.41, 5.74) is 0. The topological polar surface area (TPSA) is 52.6 Å². The van der Waals surface area contributed by atoms with Gasteiger partial charge in [-0.25, -0.2) is 0 Å². The van der Waals surface area contributed by atoms with Gasteiger partial charge in [-0.15, -0.1) is 0 Å². The van der Waals surface area contributed by atoms with Crippen LogP contribution in [0.4, 0.5) is 0 Å². The molecule has 0 aliphatic carbocycles. The number of ether oxygens (including phenoxy) is 2. The van der Waals surface area contributed by atoms with Gasteiger partial charge in [-0.05, 0) is 32.1 Å². The molecule has 0 amide bonds. The highest BCUT2D eigenvalue weighted by molar-refractivity contribution is 5.72. The van der Waals surface area contributed by atoms with Crippen molar-refractivity contribution in [2.24, 2.45) is 5.92 Å². The van der Waals surface area contributed by atoms with Crippen LogP contribution in [-0.2, 0) is 19.1 Å². The molecular weight excluding hydrogens is 448 g/mol. The van der Waals surface area contributed by atoms with E-state index in [0.717, 1.165) is 44.9 Å². The molecule has 1 atom stereocenters. The van der Waals surface area contributed by atoms with Gasteiger partial charge in [0, 0.05) is 6.42 Å². The fourth-order valence-corrected chi connectivity index (χ4v) is 4.71. The third kappa shape index (κ3) is 24.6. The zero-order valence-electron chi connectivity index (χ0n) is 24.6. The molecule has 0 aromatic heterocycles. The molecule has 0 aromatic rings. The van der Waals surface area contributed by atoms with Crippen molar-refractivity contribution in [3.63, 3.8) is 0 Å². The van der Waals surface area contributed by atoms with Crippen molar-refractivity contribution in [2.75, 3.05) is 13.2 Å². The maximum atomic E-state index is 12.7. The Balaban J connectivity index is 3.99. The Kier molecular flexibility index (Phi) is 27.7. The van der Waals surface area contributed by atoms with Gasteiger partial charge >= 0.3 is 11.9 Å². The molecule has 0 bridgehead atoms. The number of hydrogen-bond acceptors (Lipinski definition) is 4. The van der Waals surface area contributed by atoms with Crippen molar-refractivity contribution in [1.82, 2.24) is 0 Å². The van der Waals surface area contributed by atoms with E-state index in [9.17, 15) is 9.59 Å². The fraction of sp³-hybridized carbons (Fsp3) is 0.938. The van der Waals surface area contributed by atoms with Gasteiger partial charge in [-0.3, -0.25) is 9.59 Å². The first-order valence-electron chi connectivity index (χ1n) is 16.0. The van der Waals surface area contributed by atoms with Gasteiger partial charge in [0.2, 0.25) is 0 Å². The minimum Gasteiger partial charge on any atom is -0.466 e. The van der Waals surface area contributed by atoms with E-state index in [4.69, 9.17) is 9.47 Å². The molecule has 0 heterocycles. The van der Waals surface area contributed by atoms with Crippen LogP contribution >= 0.6 is 0 Å². The summed E-state index contributed by atoms with van der Waals surface area (Å²) in [4.78, 5) is 24.8. The number of carbonyl (C=O) groups excluding carboxylic acids is 2. The molecule has 0 N–H and O–H groups in total. The summed E-state index contributed by atoms with van der Waals surface area (Å²) in [6.45, 7) is 7.77.